The third kappa shape index (κ3) is 2.85. The van der Waals surface area contributed by atoms with E-state index in [9.17, 15) is 0 Å². The van der Waals surface area contributed by atoms with E-state index in [2.05, 4.69) is 32.0 Å². The van der Waals surface area contributed by atoms with E-state index in [4.69, 9.17) is 4.74 Å². The Bertz CT molecular complexity index is 436. The summed E-state index contributed by atoms with van der Waals surface area (Å²) < 4.78 is 7.20. The molecule has 0 fully saturated rings. The van der Waals surface area contributed by atoms with E-state index in [0.29, 0.717) is 13.2 Å². The number of aromatic amines is 1. The van der Waals surface area contributed by atoms with Gasteiger partial charge in [-0.15, -0.1) is 0 Å². The zero-order valence-electron chi connectivity index (χ0n) is 10.1. The molecule has 2 N–H and O–H groups in total. The van der Waals surface area contributed by atoms with Crippen LogP contribution in [0.25, 0.3) is 0 Å². The number of rotatable bonds is 6. The monoisotopic (exact) mass is 235 g/mol. The van der Waals surface area contributed by atoms with E-state index < -0.39 is 0 Å². The zero-order chi connectivity index (χ0) is 12.1. The van der Waals surface area contributed by atoms with Crippen LogP contribution in [0.3, 0.4) is 0 Å². The van der Waals surface area contributed by atoms with Gasteiger partial charge in [0.05, 0.1) is 18.8 Å². The molecule has 0 radical (unpaired) electrons. The molecule has 2 rings (SSSR count). The van der Waals surface area contributed by atoms with E-state index in [0.717, 1.165) is 11.5 Å². The highest BCUT2D eigenvalue weighted by Crippen LogP contribution is 2.14. The van der Waals surface area contributed by atoms with Crippen LogP contribution in [0.5, 0.6) is 0 Å². The average molecular weight is 235 g/mol. The number of nitrogens with one attached hydrogen (secondary N) is 2. The molecule has 0 aromatic carbocycles. The normalized spacial score (nSPS) is 12.6. The van der Waals surface area contributed by atoms with Gasteiger partial charge in [-0.25, -0.2) is 4.98 Å². The lowest BCUT2D eigenvalue weighted by molar-refractivity contribution is 0.163. The SMILES string of the molecule is COCC(C)n1ccnc1NCc1cn[nH]c1. The summed E-state index contributed by atoms with van der Waals surface area (Å²) in [4.78, 5) is 4.28. The van der Waals surface area contributed by atoms with Crippen LogP contribution in [-0.4, -0.2) is 33.5 Å². The van der Waals surface area contributed by atoms with Crippen LogP contribution in [0.2, 0.25) is 0 Å². The molecule has 0 aliphatic rings. The molecule has 6 nitrogen and oxygen atoms in total. The van der Waals surface area contributed by atoms with Crippen LogP contribution < -0.4 is 5.32 Å². The number of aromatic nitrogens is 4. The number of anilines is 1. The highest BCUT2D eigenvalue weighted by Gasteiger charge is 2.09. The van der Waals surface area contributed by atoms with Crippen molar-refractivity contribution in [2.75, 3.05) is 19.0 Å². The first-order valence-corrected chi connectivity index (χ1v) is 5.54. The predicted molar refractivity (Wildman–Crippen MR) is 64.7 cm³/mol. The van der Waals surface area contributed by atoms with Crippen molar-refractivity contribution in [3.8, 4) is 0 Å². The molecule has 1 unspecified atom stereocenters. The fourth-order valence-corrected chi connectivity index (χ4v) is 1.68. The summed E-state index contributed by atoms with van der Waals surface area (Å²) in [6, 6.07) is 0.259. The van der Waals surface area contributed by atoms with Crippen molar-refractivity contribution in [3.63, 3.8) is 0 Å². The highest BCUT2D eigenvalue weighted by molar-refractivity contribution is 5.28. The Morgan fingerprint density at radius 3 is 3.18 bits per heavy atom. The standard InChI is InChI=1S/C11H17N5O/c1-9(8-17-2)16-4-3-12-11(16)13-5-10-6-14-15-7-10/h3-4,6-7,9H,5,8H2,1-2H3,(H,12,13)(H,14,15). The highest BCUT2D eigenvalue weighted by atomic mass is 16.5. The van der Waals surface area contributed by atoms with Crippen LogP contribution >= 0.6 is 0 Å². The van der Waals surface area contributed by atoms with Gasteiger partial charge in [0.25, 0.3) is 0 Å². The average Bonchev–Trinajstić information content (AvgIpc) is 2.98. The summed E-state index contributed by atoms with van der Waals surface area (Å²) in [7, 11) is 1.70. The second-order valence-electron chi connectivity index (χ2n) is 3.92. The molecule has 0 saturated carbocycles. The molecule has 6 heteroatoms. The van der Waals surface area contributed by atoms with Crippen molar-refractivity contribution in [2.45, 2.75) is 19.5 Å². The largest absolute Gasteiger partial charge is 0.383 e. The second kappa shape index (κ2) is 5.49. The summed E-state index contributed by atoms with van der Waals surface area (Å²) in [5.41, 5.74) is 1.10. The molecule has 0 saturated heterocycles. The Morgan fingerprint density at radius 2 is 2.47 bits per heavy atom. The van der Waals surface area contributed by atoms with Gasteiger partial charge in [0.2, 0.25) is 5.95 Å². The Balaban J connectivity index is 1.99. The number of hydrogen-bond acceptors (Lipinski definition) is 4. The number of hydrogen-bond donors (Lipinski definition) is 2. The topological polar surface area (TPSA) is 67.8 Å². The number of ether oxygens (including phenoxy) is 1. The van der Waals surface area contributed by atoms with Crippen molar-refractivity contribution < 1.29 is 4.74 Å². The Kier molecular flexibility index (Phi) is 3.77. The third-order valence-electron chi connectivity index (χ3n) is 2.56. The third-order valence-corrected chi connectivity index (χ3v) is 2.56. The molecule has 0 bridgehead atoms. The van der Waals surface area contributed by atoms with Crippen LogP contribution in [0.15, 0.2) is 24.8 Å². The first-order valence-electron chi connectivity index (χ1n) is 5.54. The van der Waals surface area contributed by atoms with Gasteiger partial charge in [-0.05, 0) is 6.92 Å². The molecule has 0 amide bonds. The van der Waals surface area contributed by atoms with Gasteiger partial charge >= 0.3 is 0 Å². The molecular formula is C11H17N5O. The van der Waals surface area contributed by atoms with Crippen LogP contribution in [-0.2, 0) is 11.3 Å². The lowest BCUT2D eigenvalue weighted by Gasteiger charge is -2.15. The first kappa shape index (κ1) is 11.7. The van der Waals surface area contributed by atoms with Crippen LogP contribution in [0, 0.1) is 0 Å². The van der Waals surface area contributed by atoms with Gasteiger partial charge in [-0.1, -0.05) is 0 Å². The van der Waals surface area contributed by atoms with Crippen molar-refractivity contribution >= 4 is 5.95 Å². The van der Waals surface area contributed by atoms with Crippen molar-refractivity contribution in [3.05, 3.63) is 30.4 Å². The Hall–Kier alpha value is -1.82. The maximum Gasteiger partial charge on any atom is 0.203 e. The smallest absolute Gasteiger partial charge is 0.203 e. The van der Waals surface area contributed by atoms with Gasteiger partial charge in [-0.3, -0.25) is 5.10 Å². The van der Waals surface area contributed by atoms with Gasteiger partial charge in [0.1, 0.15) is 0 Å². The summed E-state index contributed by atoms with van der Waals surface area (Å²) in [6.45, 7) is 3.46. The van der Waals surface area contributed by atoms with Crippen LogP contribution in [0.4, 0.5) is 5.95 Å². The fourth-order valence-electron chi connectivity index (χ4n) is 1.68. The molecule has 0 aliphatic carbocycles. The molecule has 2 aromatic rings. The summed E-state index contributed by atoms with van der Waals surface area (Å²) in [5.74, 6) is 0.843. The Morgan fingerprint density at radius 1 is 1.59 bits per heavy atom. The minimum Gasteiger partial charge on any atom is -0.383 e. The van der Waals surface area contributed by atoms with Gasteiger partial charge in [0, 0.05) is 37.8 Å². The maximum atomic E-state index is 5.14. The molecule has 2 heterocycles. The van der Waals surface area contributed by atoms with E-state index in [-0.39, 0.29) is 6.04 Å². The van der Waals surface area contributed by atoms with E-state index >= 15 is 0 Å². The van der Waals surface area contributed by atoms with Crippen molar-refractivity contribution in [1.29, 1.82) is 0 Å². The lowest BCUT2D eigenvalue weighted by Crippen LogP contribution is -2.14. The van der Waals surface area contributed by atoms with Crippen LogP contribution in [0.1, 0.15) is 18.5 Å². The molecule has 92 valence electrons. The second-order valence-corrected chi connectivity index (χ2v) is 3.92. The summed E-state index contributed by atoms with van der Waals surface area (Å²) in [5, 5.41) is 9.95. The maximum absolute atomic E-state index is 5.14. The number of imidazole rings is 1. The number of methoxy groups -OCH3 is 1. The summed E-state index contributed by atoms with van der Waals surface area (Å²) in [6.07, 6.45) is 7.38. The minimum absolute atomic E-state index is 0.259. The molecule has 17 heavy (non-hydrogen) atoms. The van der Waals surface area contributed by atoms with Crippen molar-refractivity contribution in [2.24, 2.45) is 0 Å². The van der Waals surface area contributed by atoms with Gasteiger partial charge in [-0.2, -0.15) is 5.10 Å². The molecule has 1 atom stereocenters. The molecule has 0 aliphatic heterocycles. The first-order chi connectivity index (χ1) is 8.31. The summed E-state index contributed by atoms with van der Waals surface area (Å²) >= 11 is 0. The van der Waals surface area contributed by atoms with E-state index in [1.807, 2.05) is 12.4 Å². The predicted octanol–water partition coefficient (Wildman–Crippen LogP) is 1.43. The van der Waals surface area contributed by atoms with E-state index in [1.165, 1.54) is 0 Å². The molecule has 0 spiro atoms. The Labute approximate surface area is 100 Å². The minimum atomic E-state index is 0.259. The van der Waals surface area contributed by atoms with Crippen molar-refractivity contribution in [1.82, 2.24) is 19.7 Å². The number of nitrogens with zero attached hydrogens (tertiary/aromatic N) is 3. The molecular weight excluding hydrogens is 218 g/mol. The quantitative estimate of drug-likeness (QED) is 0.794. The van der Waals surface area contributed by atoms with Gasteiger partial charge in [0.15, 0.2) is 0 Å². The number of H-pyrrole nitrogens is 1. The van der Waals surface area contributed by atoms with Gasteiger partial charge < -0.3 is 14.6 Å². The van der Waals surface area contributed by atoms with E-state index in [1.54, 1.807) is 19.5 Å². The zero-order valence-corrected chi connectivity index (χ0v) is 10.1. The molecule has 2 aromatic heterocycles. The fraction of sp³-hybridized carbons (Fsp3) is 0.455. The lowest BCUT2D eigenvalue weighted by atomic mass is 10.3.